The molecule has 0 spiro atoms. The number of benzene rings is 2. The highest BCUT2D eigenvalue weighted by Gasteiger charge is 2.12. The van der Waals surface area contributed by atoms with Crippen molar-refractivity contribution in [3.8, 4) is 5.75 Å². The van der Waals surface area contributed by atoms with Crippen molar-refractivity contribution in [3.05, 3.63) is 58.1 Å². The van der Waals surface area contributed by atoms with Gasteiger partial charge in [0, 0.05) is 5.56 Å². The maximum Gasteiger partial charge on any atom is 0.238 e. The van der Waals surface area contributed by atoms with Gasteiger partial charge < -0.3 is 4.74 Å². The van der Waals surface area contributed by atoms with Gasteiger partial charge in [0.2, 0.25) is 10.0 Å². The molecular weight excluding hydrogens is 368 g/mol. The molecule has 2 N–H and O–H groups in total. The number of rotatable bonds is 4. The van der Waals surface area contributed by atoms with Crippen LogP contribution in [0.15, 0.2) is 45.8 Å². The number of nitrogens with two attached hydrogens (primary N) is 1. The summed E-state index contributed by atoms with van der Waals surface area (Å²) in [4.78, 5) is -0.0846. The van der Waals surface area contributed by atoms with E-state index in [1.165, 1.54) is 18.2 Å². The van der Waals surface area contributed by atoms with Crippen LogP contribution in [0, 0.1) is 11.6 Å². The molecule has 8 heteroatoms. The molecule has 0 saturated carbocycles. The summed E-state index contributed by atoms with van der Waals surface area (Å²) in [6, 6.07) is 6.95. The summed E-state index contributed by atoms with van der Waals surface area (Å²) in [5.74, 6) is -0.877. The van der Waals surface area contributed by atoms with Crippen LogP contribution in [0.4, 0.5) is 8.78 Å². The van der Waals surface area contributed by atoms with E-state index in [0.29, 0.717) is 4.47 Å². The number of sulfonamides is 1. The third kappa shape index (κ3) is 3.99. The van der Waals surface area contributed by atoms with E-state index >= 15 is 0 Å². The summed E-state index contributed by atoms with van der Waals surface area (Å²) in [7, 11) is -3.82. The molecule has 2 aromatic rings. The fourth-order valence-electron chi connectivity index (χ4n) is 1.59. The fraction of sp³-hybridized carbons (Fsp3) is 0.0769. The van der Waals surface area contributed by atoms with E-state index in [4.69, 9.17) is 9.88 Å². The van der Waals surface area contributed by atoms with Crippen molar-refractivity contribution < 1.29 is 21.9 Å². The quantitative estimate of drug-likeness (QED) is 0.890. The van der Waals surface area contributed by atoms with Gasteiger partial charge in [-0.05, 0) is 52.3 Å². The first-order chi connectivity index (χ1) is 9.77. The highest BCUT2D eigenvalue weighted by atomic mass is 79.9. The molecule has 21 heavy (non-hydrogen) atoms. The Bertz CT molecular complexity index is 781. The molecular formula is C13H10BrF2NO3S. The van der Waals surface area contributed by atoms with E-state index < -0.39 is 21.7 Å². The van der Waals surface area contributed by atoms with E-state index in [1.54, 1.807) is 0 Å². The molecule has 0 aromatic heterocycles. The van der Waals surface area contributed by atoms with Crippen LogP contribution in [-0.2, 0) is 16.6 Å². The third-order valence-electron chi connectivity index (χ3n) is 2.62. The standard InChI is InChI=1S/C13H10BrF2NO3S/c14-11-6-10(21(17,18)19)2-4-13(11)20-7-8-5-9(15)1-3-12(8)16/h1-6H,7H2,(H2,17,18,19). The first-order valence-corrected chi connectivity index (χ1v) is 8.00. The lowest BCUT2D eigenvalue weighted by Gasteiger charge is -2.10. The Morgan fingerprint density at radius 3 is 2.48 bits per heavy atom. The predicted molar refractivity (Wildman–Crippen MR) is 76.2 cm³/mol. The van der Waals surface area contributed by atoms with Crippen molar-refractivity contribution in [1.29, 1.82) is 0 Å². The van der Waals surface area contributed by atoms with Crippen LogP contribution < -0.4 is 9.88 Å². The summed E-state index contributed by atoms with van der Waals surface area (Å²) in [5.41, 5.74) is 0.0532. The lowest BCUT2D eigenvalue weighted by atomic mass is 10.2. The van der Waals surface area contributed by atoms with Crippen LogP contribution in [0.1, 0.15) is 5.56 Å². The molecule has 0 aliphatic heterocycles. The van der Waals surface area contributed by atoms with Crippen LogP contribution in [0.5, 0.6) is 5.75 Å². The van der Waals surface area contributed by atoms with Gasteiger partial charge in [-0.1, -0.05) is 0 Å². The van der Waals surface area contributed by atoms with E-state index in [0.717, 1.165) is 18.2 Å². The largest absolute Gasteiger partial charge is 0.488 e. The molecule has 0 heterocycles. The van der Waals surface area contributed by atoms with Gasteiger partial charge in [0.25, 0.3) is 0 Å². The SMILES string of the molecule is NS(=O)(=O)c1ccc(OCc2cc(F)ccc2F)c(Br)c1. The summed E-state index contributed by atoms with van der Waals surface area (Å²) in [6.07, 6.45) is 0. The normalized spacial score (nSPS) is 11.4. The second kappa shape index (κ2) is 6.08. The number of ether oxygens (including phenoxy) is 1. The van der Waals surface area contributed by atoms with E-state index in [-0.39, 0.29) is 22.8 Å². The van der Waals surface area contributed by atoms with Gasteiger partial charge in [0.15, 0.2) is 0 Å². The van der Waals surface area contributed by atoms with Gasteiger partial charge in [0.05, 0.1) is 9.37 Å². The Balaban J connectivity index is 2.19. The molecule has 0 saturated heterocycles. The van der Waals surface area contributed by atoms with Gasteiger partial charge >= 0.3 is 0 Å². The molecule has 112 valence electrons. The van der Waals surface area contributed by atoms with Crippen LogP contribution in [0.25, 0.3) is 0 Å². The predicted octanol–water partition coefficient (Wildman–Crippen LogP) is 2.95. The molecule has 2 rings (SSSR count). The van der Waals surface area contributed by atoms with Gasteiger partial charge in [-0.2, -0.15) is 0 Å². The van der Waals surface area contributed by atoms with Gasteiger partial charge in [-0.15, -0.1) is 0 Å². The maximum absolute atomic E-state index is 13.4. The van der Waals surface area contributed by atoms with Crippen molar-refractivity contribution in [3.63, 3.8) is 0 Å². The smallest absolute Gasteiger partial charge is 0.238 e. The zero-order valence-electron chi connectivity index (χ0n) is 10.5. The Morgan fingerprint density at radius 1 is 1.14 bits per heavy atom. The minimum Gasteiger partial charge on any atom is -0.488 e. The molecule has 0 unspecified atom stereocenters. The van der Waals surface area contributed by atoms with Gasteiger partial charge in [-0.3, -0.25) is 0 Å². The number of hydrogen-bond acceptors (Lipinski definition) is 3. The average molecular weight is 378 g/mol. The lowest BCUT2D eigenvalue weighted by molar-refractivity contribution is 0.297. The summed E-state index contributed by atoms with van der Waals surface area (Å²) in [5, 5.41) is 5.00. The molecule has 2 aromatic carbocycles. The molecule has 0 amide bonds. The molecule has 4 nitrogen and oxygen atoms in total. The Labute approximate surface area is 128 Å². The second-order valence-corrected chi connectivity index (χ2v) is 6.58. The highest BCUT2D eigenvalue weighted by Crippen LogP contribution is 2.28. The first-order valence-electron chi connectivity index (χ1n) is 5.66. The summed E-state index contributed by atoms with van der Waals surface area (Å²) >= 11 is 3.13. The molecule has 0 aliphatic carbocycles. The van der Waals surface area contributed by atoms with Gasteiger partial charge in [-0.25, -0.2) is 22.3 Å². The summed E-state index contributed by atoms with van der Waals surface area (Å²) in [6.45, 7) is -0.198. The maximum atomic E-state index is 13.4. The Hall–Kier alpha value is -1.51. The minimum absolute atomic E-state index is 0.0532. The fourth-order valence-corrected chi connectivity index (χ4v) is 2.77. The van der Waals surface area contributed by atoms with E-state index in [1.807, 2.05) is 0 Å². The van der Waals surface area contributed by atoms with Crippen molar-refractivity contribution in [2.75, 3.05) is 0 Å². The van der Waals surface area contributed by atoms with Crippen molar-refractivity contribution >= 4 is 26.0 Å². The lowest BCUT2D eigenvalue weighted by Crippen LogP contribution is -2.12. The summed E-state index contributed by atoms with van der Waals surface area (Å²) < 4.78 is 54.5. The highest BCUT2D eigenvalue weighted by molar-refractivity contribution is 9.10. The molecule has 0 atom stereocenters. The molecule has 0 radical (unpaired) electrons. The van der Waals surface area contributed by atoms with Crippen LogP contribution in [0.2, 0.25) is 0 Å². The molecule has 0 fully saturated rings. The Morgan fingerprint density at radius 2 is 1.86 bits per heavy atom. The monoisotopic (exact) mass is 377 g/mol. The van der Waals surface area contributed by atoms with Crippen molar-refractivity contribution in [1.82, 2.24) is 0 Å². The van der Waals surface area contributed by atoms with Crippen LogP contribution >= 0.6 is 15.9 Å². The van der Waals surface area contributed by atoms with Crippen molar-refractivity contribution in [2.45, 2.75) is 11.5 Å². The minimum atomic E-state index is -3.82. The number of hydrogen-bond donors (Lipinski definition) is 1. The zero-order valence-corrected chi connectivity index (χ0v) is 12.9. The van der Waals surface area contributed by atoms with Crippen molar-refractivity contribution in [2.24, 2.45) is 5.14 Å². The molecule has 0 aliphatic rings. The molecule has 0 bridgehead atoms. The van der Waals surface area contributed by atoms with Crippen LogP contribution in [0.3, 0.4) is 0 Å². The third-order valence-corrected chi connectivity index (χ3v) is 4.15. The number of halogens is 3. The van der Waals surface area contributed by atoms with Gasteiger partial charge in [0.1, 0.15) is 24.0 Å². The van der Waals surface area contributed by atoms with E-state index in [9.17, 15) is 17.2 Å². The topological polar surface area (TPSA) is 69.4 Å². The second-order valence-electron chi connectivity index (χ2n) is 4.16. The van der Waals surface area contributed by atoms with Crippen LogP contribution in [-0.4, -0.2) is 8.42 Å². The average Bonchev–Trinajstić information content (AvgIpc) is 2.40. The number of primary sulfonamides is 1. The zero-order chi connectivity index (χ0) is 15.6. The van der Waals surface area contributed by atoms with E-state index in [2.05, 4.69) is 15.9 Å². The first kappa shape index (κ1) is 15.9. The Kier molecular flexibility index (Phi) is 4.60.